The second kappa shape index (κ2) is 25.8. The van der Waals surface area contributed by atoms with E-state index in [1.807, 2.05) is 13.8 Å². The van der Waals surface area contributed by atoms with Crippen molar-refractivity contribution in [2.24, 2.45) is 0 Å². The lowest BCUT2D eigenvalue weighted by molar-refractivity contribution is -0.0176. The van der Waals surface area contributed by atoms with Crippen LogP contribution >= 0.6 is 0 Å². The van der Waals surface area contributed by atoms with Gasteiger partial charge in [-0.3, -0.25) is 0 Å². The van der Waals surface area contributed by atoms with E-state index in [1.165, 1.54) is 70.6 Å². The third kappa shape index (κ3) is 27.8. The fourth-order valence-corrected chi connectivity index (χ4v) is 2.97. The Hall–Kier alpha value is -0.200. The van der Waals surface area contributed by atoms with Crippen molar-refractivity contribution in [2.45, 2.75) is 97.5 Å². The fourth-order valence-electron chi connectivity index (χ4n) is 2.97. The molecule has 0 aromatic heterocycles. The number of hydrogen-bond donors (Lipinski definition) is 0. The number of rotatable bonds is 25. The van der Waals surface area contributed by atoms with Crippen LogP contribution < -0.4 is 0 Å². The Morgan fingerprint density at radius 3 is 1.17 bits per heavy atom. The Labute approximate surface area is 181 Å². The summed E-state index contributed by atoms with van der Waals surface area (Å²) in [6, 6.07) is 0. The van der Waals surface area contributed by atoms with Gasteiger partial charge in [-0.25, -0.2) is 0 Å². The van der Waals surface area contributed by atoms with Crippen LogP contribution in [0.1, 0.15) is 91.4 Å². The highest BCUT2D eigenvalue weighted by atomic mass is 16.6. The summed E-state index contributed by atoms with van der Waals surface area (Å²) in [5, 5.41) is 0. The van der Waals surface area contributed by atoms with E-state index in [0.29, 0.717) is 52.9 Å². The van der Waals surface area contributed by atoms with Gasteiger partial charge in [-0.15, -0.1) is 0 Å². The van der Waals surface area contributed by atoms with Gasteiger partial charge in [0.1, 0.15) is 0 Å². The number of hydrogen-bond acceptors (Lipinski definition) is 5. The molecule has 0 saturated carbocycles. The van der Waals surface area contributed by atoms with Crippen LogP contribution in [0, 0.1) is 0 Å². The highest BCUT2D eigenvalue weighted by molar-refractivity contribution is 4.48. The van der Waals surface area contributed by atoms with Gasteiger partial charge in [-0.1, -0.05) is 71.1 Å². The molecular formula is C24H50O5. The molecule has 0 bridgehead atoms. The Bertz CT molecular complexity index is 286. The van der Waals surface area contributed by atoms with Gasteiger partial charge < -0.3 is 23.7 Å². The van der Waals surface area contributed by atoms with Gasteiger partial charge in [0.25, 0.3) is 0 Å². The maximum Gasteiger partial charge on any atom is 0.0703 e. The molecule has 0 aliphatic carbocycles. The van der Waals surface area contributed by atoms with Gasteiger partial charge >= 0.3 is 0 Å². The van der Waals surface area contributed by atoms with Crippen molar-refractivity contribution in [1.29, 1.82) is 0 Å². The van der Waals surface area contributed by atoms with Crippen molar-refractivity contribution in [3.8, 4) is 0 Å². The van der Waals surface area contributed by atoms with Gasteiger partial charge in [0.05, 0.1) is 59.0 Å². The monoisotopic (exact) mass is 418 g/mol. The van der Waals surface area contributed by atoms with E-state index >= 15 is 0 Å². The highest BCUT2D eigenvalue weighted by Crippen LogP contribution is 2.11. The minimum Gasteiger partial charge on any atom is -0.379 e. The molecule has 0 saturated heterocycles. The first-order valence-electron chi connectivity index (χ1n) is 12.2. The van der Waals surface area contributed by atoms with Gasteiger partial charge in [-0.2, -0.15) is 0 Å². The fraction of sp³-hybridized carbons (Fsp3) is 1.00. The maximum absolute atomic E-state index is 5.62. The third-order valence-electron chi connectivity index (χ3n) is 4.69. The molecule has 0 amide bonds. The normalized spacial score (nSPS) is 11.6. The van der Waals surface area contributed by atoms with E-state index < -0.39 is 0 Å². The molecule has 29 heavy (non-hydrogen) atoms. The summed E-state index contributed by atoms with van der Waals surface area (Å²) in [7, 11) is 0. The van der Waals surface area contributed by atoms with E-state index in [1.54, 1.807) is 0 Å². The van der Waals surface area contributed by atoms with Gasteiger partial charge in [0, 0.05) is 6.61 Å². The predicted octanol–water partition coefficient (Wildman–Crippen LogP) is 5.79. The SMILES string of the molecule is CCCCCCCCCCCCCOCCOCCOCCOCCOC(C)C. The number of ether oxygens (including phenoxy) is 5. The molecule has 0 aromatic rings. The summed E-state index contributed by atoms with van der Waals surface area (Å²) in [5.74, 6) is 0. The summed E-state index contributed by atoms with van der Waals surface area (Å²) < 4.78 is 27.4. The van der Waals surface area contributed by atoms with E-state index in [4.69, 9.17) is 23.7 Å². The average molecular weight is 419 g/mol. The van der Waals surface area contributed by atoms with Crippen molar-refractivity contribution in [3.63, 3.8) is 0 Å². The van der Waals surface area contributed by atoms with Crippen LogP contribution in [0.5, 0.6) is 0 Å². The van der Waals surface area contributed by atoms with Crippen LogP contribution in [0.25, 0.3) is 0 Å². The summed E-state index contributed by atoms with van der Waals surface area (Å²) in [6.07, 6.45) is 15.3. The molecule has 0 aliphatic heterocycles. The molecule has 0 heterocycles. The van der Waals surface area contributed by atoms with Gasteiger partial charge in [-0.05, 0) is 20.3 Å². The molecule has 0 aliphatic rings. The molecule has 5 heteroatoms. The van der Waals surface area contributed by atoms with Crippen LogP contribution in [-0.4, -0.2) is 65.6 Å². The minimum absolute atomic E-state index is 0.260. The summed E-state index contributed by atoms with van der Waals surface area (Å²) in [5.41, 5.74) is 0. The van der Waals surface area contributed by atoms with Crippen LogP contribution in [0.4, 0.5) is 0 Å². The maximum atomic E-state index is 5.62. The lowest BCUT2D eigenvalue weighted by Gasteiger charge is -2.09. The van der Waals surface area contributed by atoms with Crippen molar-refractivity contribution in [1.82, 2.24) is 0 Å². The van der Waals surface area contributed by atoms with Crippen LogP contribution in [0.3, 0.4) is 0 Å². The molecule has 0 fully saturated rings. The lowest BCUT2D eigenvalue weighted by atomic mass is 10.1. The van der Waals surface area contributed by atoms with E-state index in [0.717, 1.165) is 6.61 Å². The first kappa shape index (κ1) is 28.8. The molecule has 0 radical (unpaired) electrons. The van der Waals surface area contributed by atoms with Crippen molar-refractivity contribution < 1.29 is 23.7 Å². The summed E-state index contributed by atoms with van der Waals surface area (Å²) in [6.45, 7) is 12.2. The van der Waals surface area contributed by atoms with Crippen LogP contribution in [0.2, 0.25) is 0 Å². The second-order valence-corrected chi connectivity index (χ2v) is 7.90. The highest BCUT2D eigenvalue weighted by Gasteiger charge is 1.96. The van der Waals surface area contributed by atoms with E-state index in [-0.39, 0.29) is 6.10 Å². The molecule has 0 aromatic carbocycles. The Morgan fingerprint density at radius 2 is 0.759 bits per heavy atom. The average Bonchev–Trinajstić information content (AvgIpc) is 2.71. The van der Waals surface area contributed by atoms with Crippen molar-refractivity contribution in [2.75, 3.05) is 59.5 Å². The lowest BCUT2D eigenvalue weighted by Crippen LogP contribution is -2.14. The van der Waals surface area contributed by atoms with Gasteiger partial charge in [0.2, 0.25) is 0 Å². The van der Waals surface area contributed by atoms with Crippen LogP contribution in [-0.2, 0) is 23.7 Å². The topological polar surface area (TPSA) is 46.2 Å². The molecule has 5 nitrogen and oxygen atoms in total. The standard InChI is InChI=1S/C24H50O5/c1-4-5-6-7-8-9-10-11-12-13-14-15-25-16-17-26-18-19-27-20-21-28-22-23-29-24(2)3/h24H,4-23H2,1-3H3. The minimum atomic E-state index is 0.260. The largest absolute Gasteiger partial charge is 0.379 e. The first-order chi connectivity index (χ1) is 14.3. The smallest absolute Gasteiger partial charge is 0.0703 e. The molecule has 0 unspecified atom stereocenters. The van der Waals surface area contributed by atoms with E-state index in [2.05, 4.69) is 6.92 Å². The first-order valence-corrected chi connectivity index (χ1v) is 12.2. The Kier molecular flexibility index (Phi) is 25.7. The summed E-state index contributed by atoms with van der Waals surface area (Å²) >= 11 is 0. The van der Waals surface area contributed by atoms with Crippen LogP contribution in [0.15, 0.2) is 0 Å². The zero-order valence-electron chi connectivity index (χ0n) is 19.8. The van der Waals surface area contributed by atoms with Crippen molar-refractivity contribution >= 4 is 0 Å². The molecule has 0 rings (SSSR count). The molecule has 0 N–H and O–H groups in total. The Balaban J connectivity index is 2.98. The van der Waals surface area contributed by atoms with Gasteiger partial charge in [0.15, 0.2) is 0 Å². The summed E-state index contributed by atoms with van der Waals surface area (Å²) in [4.78, 5) is 0. The molecular weight excluding hydrogens is 368 g/mol. The Morgan fingerprint density at radius 1 is 0.414 bits per heavy atom. The van der Waals surface area contributed by atoms with Crippen molar-refractivity contribution in [3.05, 3.63) is 0 Å². The second-order valence-electron chi connectivity index (χ2n) is 7.90. The predicted molar refractivity (Wildman–Crippen MR) is 121 cm³/mol. The molecule has 0 atom stereocenters. The zero-order chi connectivity index (χ0) is 21.3. The molecule has 0 spiro atoms. The molecule has 176 valence electrons. The quantitative estimate of drug-likeness (QED) is 0.176. The zero-order valence-corrected chi connectivity index (χ0v) is 19.8. The van der Waals surface area contributed by atoms with E-state index in [9.17, 15) is 0 Å². The number of unbranched alkanes of at least 4 members (excludes halogenated alkanes) is 10. The third-order valence-corrected chi connectivity index (χ3v) is 4.69.